The quantitative estimate of drug-likeness (QED) is 0.177. The summed E-state index contributed by atoms with van der Waals surface area (Å²) in [6.45, 7) is 0. The SMILES string of the molecule is c1ccc(-n2c3ccccc3c3cc4c(cc32)c2ccccc2n4-c2ccc(-c3ccc(-c4cccc5c4sc4ccccc45)cc3)cc2)cc1. The zero-order chi connectivity index (χ0) is 33.5. The van der Waals surface area contributed by atoms with Gasteiger partial charge in [0, 0.05) is 53.1 Å². The van der Waals surface area contributed by atoms with Crippen molar-refractivity contribution in [2.24, 2.45) is 0 Å². The van der Waals surface area contributed by atoms with E-state index in [0.717, 1.165) is 5.69 Å². The van der Waals surface area contributed by atoms with Crippen LogP contribution in [-0.4, -0.2) is 9.13 Å². The van der Waals surface area contributed by atoms with E-state index < -0.39 is 0 Å². The van der Waals surface area contributed by atoms with Gasteiger partial charge in [0.25, 0.3) is 0 Å². The van der Waals surface area contributed by atoms with E-state index in [1.807, 2.05) is 11.3 Å². The van der Waals surface area contributed by atoms with Crippen molar-refractivity contribution in [2.75, 3.05) is 0 Å². The van der Waals surface area contributed by atoms with Gasteiger partial charge in [-0.2, -0.15) is 0 Å². The van der Waals surface area contributed by atoms with Gasteiger partial charge in [-0.05, 0) is 76.9 Å². The first-order valence-electron chi connectivity index (χ1n) is 17.4. The molecule has 0 bridgehead atoms. The molecule has 8 aromatic carbocycles. The van der Waals surface area contributed by atoms with Crippen molar-refractivity contribution in [3.05, 3.63) is 182 Å². The molecule has 0 spiro atoms. The Morgan fingerprint density at radius 3 is 1.45 bits per heavy atom. The van der Waals surface area contributed by atoms with Crippen molar-refractivity contribution < 1.29 is 0 Å². The Labute approximate surface area is 298 Å². The van der Waals surface area contributed by atoms with Crippen LogP contribution >= 0.6 is 11.3 Å². The highest BCUT2D eigenvalue weighted by Crippen LogP contribution is 2.42. The molecule has 11 rings (SSSR count). The largest absolute Gasteiger partial charge is 0.309 e. The summed E-state index contributed by atoms with van der Waals surface area (Å²) in [7, 11) is 0. The molecule has 0 N–H and O–H groups in total. The average Bonchev–Trinajstić information content (AvgIpc) is 3.85. The summed E-state index contributed by atoms with van der Waals surface area (Å²) < 4.78 is 7.52. The van der Waals surface area contributed by atoms with E-state index in [9.17, 15) is 0 Å². The van der Waals surface area contributed by atoms with Gasteiger partial charge in [0.1, 0.15) is 0 Å². The molecule has 238 valence electrons. The summed E-state index contributed by atoms with van der Waals surface area (Å²) in [6.07, 6.45) is 0. The van der Waals surface area contributed by atoms with Crippen LogP contribution in [0.3, 0.4) is 0 Å². The summed E-state index contributed by atoms with van der Waals surface area (Å²) in [4.78, 5) is 0. The molecule has 0 aliphatic carbocycles. The number of hydrogen-bond acceptors (Lipinski definition) is 1. The highest BCUT2D eigenvalue weighted by molar-refractivity contribution is 7.26. The molecule has 2 nitrogen and oxygen atoms in total. The van der Waals surface area contributed by atoms with Crippen molar-refractivity contribution in [2.45, 2.75) is 0 Å². The fraction of sp³-hybridized carbons (Fsp3) is 0. The fourth-order valence-corrected chi connectivity index (χ4v) is 9.42. The van der Waals surface area contributed by atoms with E-state index in [2.05, 4.69) is 191 Å². The minimum absolute atomic E-state index is 1.16. The van der Waals surface area contributed by atoms with Crippen molar-refractivity contribution in [3.8, 4) is 33.6 Å². The Bertz CT molecular complexity index is 3100. The van der Waals surface area contributed by atoms with Crippen LogP contribution in [0.2, 0.25) is 0 Å². The van der Waals surface area contributed by atoms with Crippen LogP contribution in [0.15, 0.2) is 182 Å². The molecule has 3 heteroatoms. The number of thiophene rings is 1. The molecule has 0 atom stereocenters. The average molecular weight is 667 g/mol. The van der Waals surface area contributed by atoms with Crippen molar-refractivity contribution in [1.29, 1.82) is 0 Å². The first-order chi connectivity index (χ1) is 25.3. The molecular weight excluding hydrogens is 637 g/mol. The number of nitrogens with zero attached hydrogens (tertiary/aromatic N) is 2. The highest BCUT2D eigenvalue weighted by atomic mass is 32.1. The van der Waals surface area contributed by atoms with Crippen molar-refractivity contribution >= 4 is 75.1 Å². The van der Waals surface area contributed by atoms with E-state index >= 15 is 0 Å². The molecule has 0 radical (unpaired) electrons. The third kappa shape index (κ3) is 4.29. The van der Waals surface area contributed by atoms with E-state index in [4.69, 9.17) is 0 Å². The molecule has 51 heavy (non-hydrogen) atoms. The Morgan fingerprint density at radius 2 is 0.804 bits per heavy atom. The van der Waals surface area contributed by atoms with Gasteiger partial charge in [0.2, 0.25) is 0 Å². The van der Waals surface area contributed by atoms with Gasteiger partial charge in [0.05, 0.1) is 22.1 Å². The summed E-state index contributed by atoms with van der Waals surface area (Å²) >= 11 is 1.88. The third-order valence-electron chi connectivity index (χ3n) is 10.5. The molecule has 0 saturated carbocycles. The number of fused-ring (bicyclic) bond motifs is 9. The maximum atomic E-state index is 2.43. The Morgan fingerprint density at radius 1 is 0.314 bits per heavy atom. The molecular formula is C48H30N2S. The molecule has 0 fully saturated rings. The smallest absolute Gasteiger partial charge is 0.0548 e. The van der Waals surface area contributed by atoms with Gasteiger partial charge in [-0.3, -0.25) is 0 Å². The van der Waals surface area contributed by atoms with E-state index in [1.165, 1.54) is 91.7 Å². The lowest BCUT2D eigenvalue weighted by molar-refractivity contribution is 1.17. The topological polar surface area (TPSA) is 9.86 Å². The van der Waals surface area contributed by atoms with Crippen LogP contribution in [0.25, 0.3) is 97.4 Å². The highest BCUT2D eigenvalue weighted by Gasteiger charge is 2.18. The lowest BCUT2D eigenvalue weighted by atomic mass is 9.99. The fourth-order valence-electron chi connectivity index (χ4n) is 8.18. The molecule has 11 aromatic rings. The first kappa shape index (κ1) is 28.4. The second kappa shape index (κ2) is 11.0. The van der Waals surface area contributed by atoms with Crippen molar-refractivity contribution in [3.63, 3.8) is 0 Å². The summed E-state index contributed by atoms with van der Waals surface area (Å²) in [5.41, 5.74) is 12.2. The molecule has 0 amide bonds. The van der Waals surface area contributed by atoms with Gasteiger partial charge < -0.3 is 9.13 Å². The van der Waals surface area contributed by atoms with Crippen LogP contribution in [0.1, 0.15) is 0 Å². The summed E-state index contributed by atoms with van der Waals surface area (Å²) in [5.74, 6) is 0. The standard InChI is InChI=1S/C48H30N2S/c1-2-11-34(12-3-1)49-43-18-7-4-13-37(43)41-30-46-42(29-45(41)49)38-14-5-8-19-44(38)50(46)35-27-25-32(26-28-35)31-21-23-33(24-22-31)36-16-10-17-40-39-15-6-9-20-47(39)51-48(36)40/h1-30H. The number of hydrogen-bond donors (Lipinski definition) is 0. The van der Waals surface area contributed by atoms with Crippen LogP contribution in [-0.2, 0) is 0 Å². The Hall–Kier alpha value is -6.42. The maximum Gasteiger partial charge on any atom is 0.0548 e. The molecule has 0 aliphatic heterocycles. The normalized spacial score (nSPS) is 11.9. The number of rotatable bonds is 4. The summed E-state index contributed by atoms with van der Waals surface area (Å²) in [5, 5.41) is 7.70. The second-order valence-corrected chi connectivity index (χ2v) is 14.4. The van der Waals surface area contributed by atoms with Crippen LogP contribution in [0.5, 0.6) is 0 Å². The molecule has 0 aliphatic rings. The maximum absolute atomic E-state index is 2.43. The van der Waals surface area contributed by atoms with Crippen LogP contribution in [0.4, 0.5) is 0 Å². The third-order valence-corrected chi connectivity index (χ3v) is 11.8. The minimum Gasteiger partial charge on any atom is -0.309 e. The van der Waals surface area contributed by atoms with Gasteiger partial charge in [-0.15, -0.1) is 11.3 Å². The Kier molecular flexibility index (Phi) is 6.16. The molecule has 0 saturated heterocycles. The monoisotopic (exact) mass is 666 g/mol. The minimum atomic E-state index is 1.16. The van der Waals surface area contributed by atoms with E-state index in [-0.39, 0.29) is 0 Å². The van der Waals surface area contributed by atoms with Crippen molar-refractivity contribution in [1.82, 2.24) is 9.13 Å². The van der Waals surface area contributed by atoms with Gasteiger partial charge in [0.15, 0.2) is 0 Å². The first-order valence-corrected chi connectivity index (χ1v) is 18.3. The van der Waals surface area contributed by atoms with Gasteiger partial charge in [-0.1, -0.05) is 127 Å². The second-order valence-electron chi connectivity index (χ2n) is 13.3. The van der Waals surface area contributed by atoms with E-state index in [1.54, 1.807) is 0 Å². The Balaban J connectivity index is 1.02. The number of para-hydroxylation sites is 3. The van der Waals surface area contributed by atoms with Gasteiger partial charge >= 0.3 is 0 Å². The van der Waals surface area contributed by atoms with Crippen LogP contribution in [0, 0.1) is 0 Å². The summed E-state index contributed by atoms with van der Waals surface area (Å²) in [6, 6.07) is 66.6. The molecule has 0 unspecified atom stereocenters. The molecule has 3 heterocycles. The zero-order valence-electron chi connectivity index (χ0n) is 27.6. The number of benzene rings is 8. The zero-order valence-corrected chi connectivity index (χ0v) is 28.4. The lowest BCUT2D eigenvalue weighted by Gasteiger charge is -2.11. The molecule has 3 aromatic heterocycles. The number of aromatic nitrogens is 2. The van der Waals surface area contributed by atoms with E-state index in [0.29, 0.717) is 0 Å². The van der Waals surface area contributed by atoms with Crippen LogP contribution < -0.4 is 0 Å². The predicted molar refractivity (Wildman–Crippen MR) is 219 cm³/mol. The van der Waals surface area contributed by atoms with Gasteiger partial charge in [-0.25, -0.2) is 0 Å². The lowest BCUT2D eigenvalue weighted by Crippen LogP contribution is -1.94. The predicted octanol–water partition coefficient (Wildman–Crippen LogP) is 13.6.